The molecular weight excluding hydrogens is 206 g/mol. The standard InChI is InChI=1S/C12H11NO3/c13-8-4-5-11(15)12(6-8)16-10-3-1-2-9(14)7-10/h1-7,14-15H,13H2. The van der Waals surface area contributed by atoms with Crippen molar-refractivity contribution in [2.75, 3.05) is 5.73 Å². The molecule has 2 aromatic carbocycles. The van der Waals surface area contributed by atoms with Crippen molar-refractivity contribution in [1.29, 1.82) is 0 Å². The van der Waals surface area contributed by atoms with E-state index in [9.17, 15) is 10.2 Å². The lowest BCUT2D eigenvalue weighted by molar-refractivity contribution is 0.408. The quantitative estimate of drug-likeness (QED) is 0.533. The van der Waals surface area contributed by atoms with E-state index in [-0.39, 0.29) is 17.2 Å². The second kappa shape index (κ2) is 4.02. The van der Waals surface area contributed by atoms with E-state index in [1.165, 1.54) is 24.3 Å². The van der Waals surface area contributed by atoms with Crippen LogP contribution in [0.15, 0.2) is 42.5 Å². The van der Waals surface area contributed by atoms with Gasteiger partial charge in [-0.3, -0.25) is 0 Å². The van der Waals surface area contributed by atoms with Gasteiger partial charge in [0.25, 0.3) is 0 Å². The average molecular weight is 217 g/mol. The minimum absolute atomic E-state index is 0.00228. The smallest absolute Gasteiger partial charge is 0.171 e. The summed E-state index contributed by atoms with van der Waals surface area (Å²) >= 11 is 0. The van der Waals surface area contributed by atoms with Crippen molar-refractivity contribution in [2.24, 2.45) is 0 Å². The summed E-state index contributed by atoms with van der Waals surface area (Å²) in [7, 11) is 0. The number of ether oxygens (including phenoxy) is 1. The van der Waals surface area contributed by atoms with Crippen LogP contribution < -0.4 is 10.5 Å². The van der Waals surface area contributed by atoms with Gasteiger partial charge in [0, 0.05) is 17.8 Å². The number of nitrogen functional groups attached to an aromatic ring is 1. The predicted molar refractivity (Wildman–Crippen MR) is 60.7 cm³/mol. The summed E-state index contributed by atoms with van der Waals surface area (Å²) in [5.41, 5.74) is 6.06. The van der Waals surface area contributed by atoms with Gasteiger partial charge in [0.15, 0.2) is 11.5 Å². The van der Waals surface area contributed by atoms with Gasteiger partial charge in [-0.05, 0) is 24.3 Å². The number of phenolic OH excluding ortho intramolecular Hbond substituents is 2. The van der Waals surface area contributed by atoms with Crippen LogP contribution in [0, 0.1) is 0 Å². The minimum atomic E-state index is -0.00228. The predicted octanol–water partition coefficient (Wildman–Crippen LogP) is 2.47. The second-order valence-electron chi connectivity index (χ2n) is 3.33. The molecule has 0 unspecified atom stereocenters. The molecule has 0 fully saturated rings. The van der Waals surface area contributed by atoms with E-state index in [0.717, 1.165) is 0 Å². The van der Waals surface area contributed by atoms with Gasteiger partial charge in [-0.25, -0.2) is 0 Å². The minimum Gasteiger partial charge on any atom is -0.508 e. The zero-order valence-electron chi connectivity index (χ0n) is 8.42. The molecule has 2 rings (SSSR count). The molecule has 82 valence electrons. The van der Waals surface area contributed by atoms with Crippen molar-refractivity contribution >= 4 is 5.69 Å². The van der Waals surface area contributed by atoms with Gasteiger partial charge in [0.05, 0.1) is 0 Å². The Morgan fingerprint density at radius 1 is 1.00 bits per heavy atom. The molecule has 4 heteroatoms. The molecule has 16 heavy (non-hydrogen) atoms. The van der Waals surface area contributed by atoms with Gasteiger partial charge in [0.2, 0.25) is 0 Å². The van der Waals surface area contributed by atoms with E-state index >= 15 is 0 Å². The van der Waals surface area contributed by atoms with Crippen molar-refractivity contribution < 1.29 is 14.9 Å². The number of phenols is 2. The Bertz CT molecular complexity index is 511. The Morgan fingerprint density at radius 2 is 1.81 bits per heavy atom. The summed E-state index contributed by atoms with van der Waals surface area (Å²) in [5, 5.41) is 18.8. The van der Waals surface area contributed by atoms with Gasteiger partial charge < -0.3 is 20.7 Å². The topological polar surface area (TPSA) is 75.7 Å². The van der Waals surface area contributed by atoms with Crippen molar-refractivity contribution in [1.82, 2.24) is 0 Å². The van der Waals surface area contributed by atoms with Gasteiger partial charge >= 0.3 is 0 Å². The summed E-state index contributed by atoms with van der Waals surface area (Å²) < 4.78 is 5.38. The van der Waals surface area contributed by atoms with E-state index < -0.39 is 0 Å². The first kappa shape index (κ1) is 10.2. The number of hydrogen-bond donors (Lipinski definition) is 3. The van der Waals surface area contributed by atoms with Crippen LogP contribution in [0.5, 0.6) is 23.0 Å². The summed E-state index contributed by atoms with van der Waals surface area (Å²) in [4.78, 5) is 0. The molecule has 0 aliphatic heterocycles. The molecule has 4 nitrogen and oxygen atoms in total. The van der Waals surface area contributed by atoms with Crippen LogP contribution in [-0.2, 0) is 0 Å². The van der Waals surface area contributed by atoms with E-state index in [0.29, 0.717) is 11.4 Å². The number of anilines is 1. The van der Waals surface area contributed by atoms with E-state index in [1.807, 2.05) is 0 Å². The fourth-order valence-corrected chi connectivity index (χ4v) is 1.29. The molecule has 2 aromatic rings. The lowest BCUT2D eigenvalue weighted by Crippen LogP contribution is -1.88. The molecule has 0 aliphatic rings. The van der Waals surface area contributed by atoms with Crippen molar-refractivity contribution in [3.63, 3.8) is 0 Å². The average Bonchev–Trinajstić information content (AvgIpc) is 2.24. The number of benzene rings is 2. The molecule has 0 amide bonds. The molecule has 0 heterocycles. The third-order valence-electron chi connectivity index (χ3n) is 2.03. The summed E-state index contributed by atoms with van der Waals surface area (Å²) in [6.07, 6.45) is 0. The summed E-state index contributed by atoms with van der Waals surface area (Å²) in [5.74, 6) is 0.782. The number of nitrogens with two attached hydrogens (primary N) is 1. The highest BCUT2D eigenvalue weighted by molar-refractivity contribution is 5.52. The Hall–Kier alpha value is -2.36. The lowest BCUT2D eigenvalue weighted by atomic mass is 10.3. The molecule has 0 saturated carbocycles. The number of rotatable bonds is 2. The van der Waals surface area contributed by atoms with Crippen molar-refractivity contribution in [2.45, 2.75) is 0 Å². The normalized spacial score (nSPS) is 10.0. The largest absolute Gasteiger partial charge is 0.508 e. The highest BCUT2D eigenvalue weighted by Gasteiger charge is 2.04. The first-order valence-electron chi connectivity index (χ1n) is 4.70. The Labute approximate surface area is 92.5 Å². The monoisotopic (exact) mass is 217 g/mol. The van der Waals surface area contributed by atoms with Gasteiger partial charge in [0.1, 0.15) is 11.5 Å². The molecule has 0 bridgehead atoms. The van der Waals surface area contributed by atoms with Crippen LogP contribution in [-0.4, -0.2) is 10.2 Å². The van der Waals surface area contributed by atoms with Crippen LogP contribution in [0.2, 0.25) is 0 Å². The maximum absolute atomic E-state index is 9.52. The van der Waals surface area contributed by atoms with E-state index in [4.69, 9.17) is 10.5 Å². The van der Waals surface area contributed by atoms with Crippen LogP contribution in [0.4, 0.5) is 5.69 Å². The van der Waals surface area contributed by atoms with Crippen LogP contribution in [0.25, 0.3) is 0 Å². The maximum Gasteiger partial charge on any atom is 0.171 e. The molecule has 0 spiro atoms. The third-order valence-corrected chi connectivity index (χ3v) is 2.03. The Balaban J connectivity index is 2.30. The molecule has 0 aliphatic carbocycles. The third kappa shape index (κ3) is 2.17. The fourth-order valence-electron chi connectivity index (χ4n) is 1.29. The Kier molecular flexibility index (Phi) is 2.55. The van der Waals surface area contributed by atoms with E-state index in [2.05, 4.69) is 0 Å². The van der Waals surface area contributed by atoms with Crippen LogP contribution >= 0.6 is 0 Å². The first-order valence-corrected chi connectivity index (χ1v) is 4.70. The molecular formula is C12H11NO3. The van der Waals surface area contributed by atoms with Gasteiger partial charge in [-0.15, -0.1) is 0 Å². The SMILES string of the molecule is Nc1ccc(O)c(Oc2cccc(O)c2)c1. The highest BCUT2D eigenvalue weighted by atomic mass is 16.5. The highest BCUT2D eigenvalue weighted by Crippen LogP contribution is 2.33. The Morgan fingerprint density at radius 3 is 2.56 bits per heavy atom. The maximum atomic E-state index is 9.52. The second-order valence-corrected chi connectivity index (χ2v) is 3.33. The summed E-state index contributed by atoms with van der Waals surface area (Å²) in [6, 6.07) is 10.8. The number of aromatic hydroxyl groups is 2. The number of hydrogen-bond acceptors (Lipinski definition) is 4. The lowest BCUT2D eigenvalue weighted by Gasteiger charge is -2.08. The van der Waals surface area contributed by atoms with Crippen LogP contribution in [0.3, 0.4) is 0 Å². The van der Waals surface area contributed by atoms with Crippen molar-refractivity contribution in [3.05, 3.63) is 42.5 Å². The van der Waals surface area contributed by atoms with E-state index in [1.54, 1.807) is 18.2 Å². The molecule has 0 saturated heterocycles. The zero-order chi connectivity index (χ0) is 11.5. The van der Waals surface area contributed by atoms with Gasteiger partial charge in [-0.1, -0.05) is 6.07 Å². The van der Waals surface area contributed by atoms with Crippen LogP contribution in [0.1, 0.15) is 0 Å². The first-order chi connectivity index (χ1) is 7.65. The molecule has 0 atom stereocenters. The molecule has 0 aromatic heterocycles. The van der Waals surface area contributed by atoms with Crippen molar-refractivity contribution in [3.8, 4) is 23.0 Å². The molecule has 4 N–H and O–H groups in total. The fraction of sp³-hybridized carbons (Fsp3) is 0. The summed E-state index contributed by atoms with van der Waals surface area (Å²) in [6.45, 7) is 0. The zero-order valence-corrected chi connectivity index (χ0v) is 8.42. The molecule has 0 radical (unpaired) electrons. The van der Waals surface area contributed by atoms with Gasteiger partial charge in [-0.2, -0.15) is 0 Å².